The number of carbonyl (C=O) groups excluding carboxylic acids is 1. The molecule has 0 unspecified atom stereocenters. The smallest absolute Gasteiger partial charge is 0.273 e. The van der Waals surface area contributed by atoms with Gasteiger partial charge in [-0.1, -0.05) is 110 Å². The highest BCUT2D eigenvalue weighted by Gasteiger charge is 2.26. The van der Waals surface area contributed by atoms with Crippen molar-refractivity contribution in [1.29, 1.82) is 0 Å². The lowest BCUT2D eigenvalue weighted by molar-refractivity contribution is 0.0956. The molecule has 1 amide bonds. The van der Waals surface area contributed by atoms with E-state index in [1.165, 1.54) is 56.0 Å². The zero-order valence-corrected chi connectivity index (χ0v) is 27.4. The summed E-state index contributed by atoms with van der Waals surface area (Å²) in [6.45, 7) is 22.1. The third-order valence-electron chi connectivity index (χ3n) is 6.66. The first-order valence-corrected chi connectivity index (χ1v) is 14.8. The third kappa shape index (κ3) is 14.9. The van der Waals surface area contributed by atoms with Crippen LogP contribution < -0.4 is 5.32 Å². The number of allylic oxidation sites excluding steroid dienone is 1. The molecule has 1 aliphatic carbocycles. The van der Waals surface area contributed by atoms with Crippen molar-refractivity contribution in [1.82, 2.24) is 15.1 Å². The second kappa shape index (κ2) is 19.9. The maximum atomic E-state index is 12.0. The van der Waals surface area contributed by atoms with E-state index < -0.39 is 0 Å². The van der Waals surface area contributed by atoms with E-state index in [1.54, 1.807) is 31.9 Å². The van der Waals surface area contributed by atoms with Crippen LogP contribution in [0.1, 0.15) is 120 Å². The summed E-state index contributed by atoms with van der Waals surface area (Å²) in [4.78, 5) is 19.3. The molecule has 0 bridgehead atoms. The Hall–Kier alpha value is -3.02. The van der Waals surface area contributed by atoms with E-state index in [1.807, 2.05) is 13.8 Å². The molecule has 6 heteroatoms. The van der Waals surface area contributed by atoms with E-state index in [-0.39, 0.29) is 11.3 Å². The molecule has 0 radical (unpaired) electrons. The number of carbonyl (C=O) groups is 1. The lowest BCUT2D eigenvalue weighted by Crippen LogP contribution is -2.24. The number of aryl methyl sites for hydroxylation is 3. The van der Waals surface area contributed by atoms with Crippen LogP contribution in [-0.2, 0) is 18.9 Å². The van der Waals surface area contributed by atoms with Gasteiger partial charge >= 0.3 is 0 Å². The summed E-state index contributed by atoms with van der Waals surface area (Å²) in [5, 5.41) is 7.15. The van der Waals surface area contributed by atoms with Crippen LogP contribution in [0.5, 0.6) is 0 Å². The van der Waals surface area contributed by atoms with Crippen molar-refractivity contribution in [2.45, 2.75) is 113 Å². The first-order chi connectivity index (χ1) is 18.8. The van der Waals surface area contributed by atoms with E-state index in [0.717, 1.165) is 23.6 Å². The lowest BCUT2D eigenvalue weighted by atomic mass is 9.88. The SMILES string of the molecule is C=C(C)NC(=O)c1c(C)c(C(C)(C)C)nn1C.CC=NC=NC.CCC1CCCCC1.CCc1cccc(C)c1. The van der Waals surface area contributed by atoms with Crippen LogP contribution in [0.15, 0.2) is 46.5 Å². The van der Waals surface area contributed by atoms with Crippen LogP contribution in [-0.4, -0.2) is 35.3 Å². The highest BCUT2D eigenvalue weighted by atomic mass is 16.2. The minimum atomic E-state index is -0.152. The molecule has 2 aromatic rings. The molecule has 40 heavy (non-hydrogen) atoms. The molecular formula is C34H57N5O. The number of aromatic nitrogens is 2. The van der Waals surface area contributed by atoms with Gasteiger partial charge in [-0.15, -0.1) is 0 Å². The van der Waals surface area contributed by atoms with Crippen molar-refractivity contribution >= 4 is 18.5 Å². The second-order valence-electron chi connectivity index (χ2n) is 11.5. The molecule has 224 valence electrons. The molecular weight excluding hydrogens is 494 g/mol. The van der Waals surface area contributed by atoms with Gasteiger partial charge in [0.1, 0.15) is 12.0 Å². The normalized spacial score (nSPS) is 13.5. The first-order valence-electron chi connectivity index (χ1n) is 14.8. The maximum absolute atomic E-state index is 12.0. The minimum absolute atomic E-state index is 0.0659. The Morgan fingerprint density at radius 3 is 2.15 bits per heavy atom. The molecule has 1 aromatic carbocycles. The molecule has 1 aromatic heterocycles. The minimum Gasteiger partial charge on any atom is -0.325 e. The predicted octanol–water partition coefficient (Wildman–Crippen LogP) is 8.56. The standard InChI is InChI=1S/C13H21N3O.C9H12.C8H16.C4H8N2/c1-8(2)14-12(17)10-9(3)11(13(4,5)6)15-16(10)7;1-3-9-6-4-5-8(2)7-9;1-2-8-6-4-3-5-7-8;1-3-6-4-5-2/h1H2,2-7H3,(H,14,17);4-7H,3H2,1-2H3;8H,2-7H2,1H3;3-4H,1-2H3. The van der Waals surface area contributed by atoms with Crippen molar-refractivity contribution < 1.29 is 4.79 Å². The molecule has 0 saturated heterocycles. The molecule has 3 rings (SSSR count). The van der Waals surface area contributed by atoms with Crippen LogP contribution in [0.3, 0.4) is 0 Å². The average Bonchev–Trinajstić information content (AvgIpc) is 3.22. The van der Waals surface area contributed by atoms with Crippen molar-refractivity contribution in [2.24, 2.45) is 23.0 Å². The van der Waals surface area contributed by atoms with E-state index in [9.17, 15) is 4.79 Å². The summed E-state index contributed by atoms with van der Waals surface area (Å²) in [7, 11) is 3.47. The van der Waals surface area contributed by atoms with Crippen molar-refractivity contribution in [3.05, 3.63) is 64.6 Å². The Morgan fingerprint density at radius 1 is 1.18 bits per heavy atom. The molecule has 0 aliphatic heterocycles. The molecule has 1 fully saturated rings. The van der Waals surface area contributed by atoms with Crippen molar-refractivity contribution in [3.8, 4) is 0 Å². The number of aliphatic imine (C=N–C) groups is 2. The zero-order valence-electron chi connectivity index (χ0n) is 27.4. The number of hydrogen-bond donors (Lipinski definition) is 1. The Morgan fingerprint density at radius 2 is 1.80 bits per heavy atom. The lowest BCUT2D eigenvalue weighted by Gasteiger charge is -2.18. The van der Waals surface area contributed by atoms with E-state index in [0.29, 0.717) is 11.4 Å². The Kier molecular flexibility index (Phi) is 18.4. The maximum Gasteiger partial charge on any atom is 0.273 e. The van der Waals surface area contributed by atoms with Gasteiger partial charge in [0.15, 0.2) is 0 Å². The fourth-order valence-electron chi connectivity index (χ4n) is 4.57. The van der Waals surface area contributed by atoms with Crippen LogP contribution in [0.4, 0.5) is 0 Å². The quantitative estimate of drug-likeness (QED) is 0.299. The predicted molar refractivity (Wildman–Crippen MR) is 175 cm³/mol. The van der Waals surface area contributed by atoms with Crippen LogP contribution >= 0.6 is 0 Å². The molecule has 0 atom stereocenters. The average molecular weight is 552 g/mol. The van der Waals surface area contributed by atoms with E-state index in [2.05, 4.69) is 92.8 Å². The van der Waals surface area contributed by atoms with Gasteiger partial charge in [-0.3, -0.25) is 19.5 Å². The van der Waals surface area contributed by atoms with Gasteiger partial charge in [0.2, 0.25) is 0 Å². The summed E-state index contributed by atoms with van der Waals surface area (Å²) in [6.07, 6.45) is 13.3. The summed E-state index contributed by atoms with van der Waals surface area (Å²) in [5.74, 6) is 0.934. The van der Waals surface area contributed by atoms with Crippen LogP contribution in [0.25, 0.3) is 0 Å². The fraction of sp³-hybridized carbons (Fsp3) is 0.588. The first kappa shape index (κ1) is 37.0. The molecule has 0 spiro atoms. The highest BCUT2D eigenvalue weighted by molar-refractivity contribution is 5.95. The van der Waals surface area contributed by atoms with Crippen molar-refractivity contribution in [3.63, 3.8) is 0 Å². The number of amides is 1. The van der Waals surface area contributed by atoms with Gasteiger partial charge in [0, 0.05) is 37.0 Å². The van der Waals surface area contributed by atoms with E-state index >= 15 is 0 Å². The zero-order chi connectivity index (χ0) is 30.7. The van der Waals surface area contributed by atoms with Gasteiger partial charge < -0.3 is 5.32 Å². The van der Waals surface area contributed by atoms with Crippen LogP contribution in [0.2, 0.25) is 0 Å². The van der Waals surface area contributed by atoms with Gasteiger partial charge in [-0.2, -0.15) is 5.10 Å². The molecule has 1 heterocycles. The molecule has 1 saturated carbocycles. The number of benzene rings is 1. The Balaban J connectivity index is 0.000000556. The number of hydrogen-bond acceptors (Lipinski definition) is 3. The molecule has 6 nitrogen and oxygen atoms in total. The second-order valence-corrected chi connectivity index (χ2v) is 11.5. The Labute approximate surface area is 245 Å². The highest BCUT2D eigenvalue weighted by Crippen LogP contribution is 2.26. The summed E-state index contributed by atoms with van der Waals surface area (Å²) in [6, 6.07) is 8.61. The topological polar surface area (TPSA) is 71.6 Å². The van der Waals surface area contributed by atoms with Gasteiger partial charge in [-0.25, -0.2) is 0 Å². The van der Waals surface area contributed by atoms with Gasteiger partial charge in [0.05, 0.1) is 5.69 Å². The van der Waals surface area contributed by atoms with Crippen molar-refractivity contribution in [2.75, 3.05) is 7.05 Å². The number of rotatable bonds is 5. The molecule has 1 N–H and O–H groups in total. The monoisotopic (exact) mass is 551 g/mol. The van der Waals surface area contributed by atoms with E-state index in [4.69, 9.17) is 0 Å². The largest absolute Gasteiger partial charge is 0.325 e. The van der Waals surface area contributed by atoms with Gasteiger partial charge in [0.25, 0.3) is 5.91 Å². The summed E-state index contributed by atoms with van der Waals surface area (Å²) in [5.41, 5.74) is 5.82. The number of nitrogens with zero attached hydrogens (tertiary/aromatic N) is 4. The Bertz CT molecular complexity index is 1060. The van der Waals surface area contributed by atoms with Gasteiger partial charge in [-0.05, 0) is 45.6 Å². The fourth-order valence-corrected chi connectivity index (χ4v) is 4.57. The number of nitrogens with one attached hydrogen (secondary N) is 1. The summed E-state index contributed by atoms with van der Waals surface area (Å²) < 4.78 is 1.63. The third-order valence-corrected chi connectivity index (χ3v) is 6.66. The van der Waals surface area contributed by atoms with Crippen LogP contribution in [0, 0.1) is 19.8 Å². The summed E-state index contributed by atoms with van der Waals surface area (Å²) >= 11 is 0. The molecule has 1 aliphatic rings.